The molecule has 0 bridgehead atoms. The Morgan fingerprint density at radius 1 is 1.13 bits per heavy atom. The van der Waals surface area contributed by atoms with Gasteiger partial charge in [0.05, 0.1) is 18.6 Å². The number of methoxy groups -OCH3 is 1. The van der Waals surface area contributed by atoms with Gasteiger partial charge in [0, 0.05) is 24.8 Å². The molecule has 1 saturated carbocycles. The lowest BCUT2D eigenvalue weighted by Gasteiger charge is -2.19. The molecule has 170 valence electrons. The molecule has 1 aliphatic rings. The summed E-state index contributed by atoms with van der Waals surface area (Å²) in [6, 6.07) is 13.7. The Hall–Kier alpha value is -1.81. The Morgan fingerprint density at radius 3 is 2.32 bits per heavy atom. The van der Waals surface area contributed by atoms with Gasteiger partial charge < -0.3 is 15.4 Å². The second-order valence-electron chi connectivity index (χ2n) is 7.93. The molecule has 0 spiro atoms. The third-order valence-electron chi connectivity index (χ3n) is 5.55. The van der Waals surface area contributed by atoms with E-state index in [-0.39, 0.29) is 29.4 Å². The van der Waals surface area contributed by atoms with Gasteiger partial charge in [-0.3, -0.25) is 0 Å². The Bertz CT molecular complexity index is 1020. The second kappa shape index (κ2) is 10.7. The van der Waals surface area contributed by atoms with Crippen LogP contribution in [-0.2, 0) is 21.8 Å². The fourth-order valence-electron chi connectivity index (χ4n) is 3.65. The lowest BCUT2D eigenvalue weighted by molar-refractivity contribution is 0.414. The van der Waals surface area contributed by atoms with E-state index in [1.54, 1.807) is 13.2 Å². The van der Waals surface area contributed by atoms with Gasteiger partial charge in [0.25, 0.3) is 0 Å². The van der Waals surface area contributed by atoms with Crippen molar-refractivity contribution >= 4 is 39.8 Å². The summed E-state index contributed by atoms with van der Waals surface area (Å²) in [5.41, 5.74) is 3.20. The molecular weight excluding hydrogens is 525 g/mol. The maximum atomic E-state index is 11.8. The first-order valence-electron chi connectivity index (χ1n) is 10.2. The monoisotopic (exact) mass is 557 g/mol. The highest BCUT2D eigenvalue weighted by atomic mass is 127. The lowest BCUT2D eigenvalue weighted by Crippen LogP contribution is -2.41. The van der Waals surface area contributed by atoms with E-state index in [1.807, 2.05) is 38.1 Å². The van der Waals surface area contributed by atoms with Crippen LogP contribution in [0.4, 0.5) is 0 Å². The van der Waals surface area contributed by atoms with Crippen LogP contribution < -0.4 is 15.4 Å². The molecule has 2 aromatic rings. The molecule has 1 fully saturated rings. The highest BCUT2D eigenvalue weighted by Gasteiger charge is 2.44. The van der Waals surface area contributed by atoms with Crippen LogP contribution in [0.5, 0.6) is 5.75 Å². The summed E-state index contributed by atoms with van der Waals surface area (Å²) >= 11 is 0. The summed E-state index contributed by atoms with van der Waals surface area (Å²) in [5.74, 6) is 1.64. The van der Waals surface area contributed by atoms with E-state index in [0.29, 0.717) is 11.4 Å². The molecule has 31 heavy (non-hydrogen) atoms. The zero-order valence-electron chi connectivity index (χ0n) is 18.6. The van der Waals surface area contributed by atoms with Crippen LogP contribution in [-0.4, -0.2) is 40.8 Å². The van der Waals surface area contributed by atoms with E-state index in [2.05, 4.69) is 22.8 Å². The Labute approximate surface area is 202 Å². The highest BCUT2D eigenvalue weighted by molar-refractivity contribution is 14.0. The number of guanidine groups is 1. The van der Waals surface area contributed by atoms with Crippen molar-refractivity contribution in [3.63, 3.8) is 0 Å². The van der Waals surface area contributed by atoms with Crippen LogP contribution in [0.15, 0.2) is 52.4 Å². The molecule has 0 unspecified atom stereocenters. The quantitative estimate of drug-likeness (QED) is 0.293. The summed E-state index contributed by atoms with van der Waals surface area (Å²) in [6.45, 7) is 5.93. The third-order valence-corrected chi connectivity index (χ3v) is 6.81. The predicted molar refractivity (Wildman–Crippen MR) is 136 cm³/mol. The number of aliphatic imine (C=N–C) groups is 1. The van der Waals surface area contributed by atoms with Crippen LogP contribution in [0.1, 0.15) is 36.5 Å². The molecule has 8 heteroatoms. The van der Waals surface area contributed by atoms with Crippen molar-refractivity contribution in [3.8, 4) is 5.75 Å². The Balaban J connectivity index is 0.00000341. The number of nitrogens with zero attached hydrogens (tertiary/aromatic N) is 1. The summed E-state index contributed by atoms with van der Waals surface area (Å²) in [4.78, 5) is 5.06. The number of sulfone groups is 1. The first-order valence-corrected chi connectivity index (χ1v) is 12.1. The number of halogens is 1. The average Bonchev–Trinajstić information content (AvgIpc) is 3.50. The third kappa shape index (κ3) is 6.58. The second-order valence-corrected chi connectivity index (χ2v) is 9.91. The summed E-state index contributed by atoms with van der Waals surface area (Å²) < 4.78 is 28.9. The van der Waals surface area contributed by atoms with E-state index < -0.39 is 9.84 Å². The minimum Gasteiger partial charge on any atom is -0.497 e. The van der Waals surface area contributed by atoms with Crippen LogP contribution in [0, 0.1) is 6.92 Å². The molecule has 0 heterocycles. The smallest absolute Gasteiger partial charge is 0.191 e. The fraction of sp³-hybridized carbons (Fsp3) is 0.435. The number of benzene rings is 2. The number of aryl methyl sites for hydroxylation is 1. The maximum Gasteiger partial charge on any atom is 0.191 e. The lowest BCUT2D eigenvalue weighted by atomic mass is 9.96. The molecule has 2 N–H and O–H groups in total. The molecule has 3 rings (SSSR count). The van der Waals surface area contributed by atoms with Crippen molar-refractivity contribution in [2.24, 2.45) is 4.99 Å². The summed E-state index contributed by atoms with van der Waals surface area (Å²) in [6.07, 6.45) is 3.53. The number of hydrogen-bond acceptors (Lipinski definition) is 4. The largest absolute Gasteiger partial charge is 0.497 e. The molecule has 0 aliphatic heterocycles. The minimum atomic E-state index is -3.21. The van der Waals surface area contributed by atoms with E-state index in [9.17, 15) is 8.42 Å². The minimum absolute atomic E-state index is 0. The number of hydrogen-bond donors (Lipinski definition) is 2. The van der Waals surface area contributed by atoms with Crippen LogP contribution in [0.3, 0.4) is 0 Å². The van der Waals surface area contributed by atoms with Gasteiger partial charge in [-0.05, 0) is 61.6 Å². The first kappa shape index (κ1) is 25.5. The molecule has 1 aliphatic carbocycles. The first-order chi connectivity index (χ1) is 14.3. The summed E-state index contributed by atoms with van der Waals surface area (Å²) in [5, 5.41) is 6.78. The molecule has 0 amide bonds. The molecule has 2 aromatic carbocycles. The van der Waals surface area contributed by atoms with E-state index in [0.717, 1.165) is 48.8 Å². The zero-order chi connectivity index (χ0) is 21.8. The Kier molecular flexibility index (Phi) is 8.76. The van der Waals surface area contributed by atoms with Crippen molar-refractivity contribution in [2.45, 2.75) is 43.5 Å². The number of ether oxygens (including phenoxy) is 1. The van der Waals surface area contributed by atoms with Gasteiger partial charge in [0.15, 0.2) is 15.8 Å². The molecule has 0 atom stereocenters. The van der Waals surface area contributed by atoms with Gasteiger partial charge in [-0.2, -0.15) is 0 Å². The molecular formula is C23H32IN3O3S. The van der Waals surface area contributed by atoms with Gasteiger partial charge in [-0.1, -0.05) is 24.3 Å². The van der Waals surface area contributed by atoms with E-state index in [4.69, 9.17) is 9.73 Å². The highest BCUT2D eigenvalue weighted by Crippen LogP contribution is 2.47. The maximum absolute atomic E-state index is 11.8. The van der Waals surface area contributed by atoms with Gasteiger partial charge in [0.1, 0.15) is 5.75 Å². The van der Waals surface area contributed by atoms with Crippen LogP contribution in [0.2, 0.25) is 0 Å². The SMILES string of the molecule is CCNC(=NCc1ccc(S(C)(=O)=O)c(C)c1)NCC1(c2ccc(OC)cc2)CC1.I. The van der Waals surface area contributed by atoms with E-state index in [1.165, 1.54) is 11.8 Å². The number of rotatable bonds is 8. The normalized spacial score (nSPS) is 15.0. The zero-order valence-corrected chi connectivity index (χ0v) is 21.7. The van der Waals surface area contributed by atoms with Crippen molar-refractivity contribution in [3.05, 3.63) is 59.2 Å². The van der Waals surface area contributed by atoms with Gasteiger partial charge >= 0.3 is 0 Å². The van der Waals surface area contributed by atoms with Gasteiger partial charge in [-0.25, -0.2) is 13.4 Å². The molecule has 6 nitrogen and oxygen atoms in total. The molecule has 0 saturated heterocycles. The van der Waals surface area contributed by atoms with Crippen LogP contribution >= 0.6 is 24.0 Å². The van der Waals surface area contributed by atoms with Crippen molar-refractivity contribution < 1.29 is 13.2 Å². The molecule has 0 aromatic heterocycles. The molecule has 0 radical (unpaired) electrons. The van der Waals surface area contributed by atoms with Crippen molar-refractivity contribution in [2.75, 3.05) is 26.5 Å². The predicted octanol–water partition coefficient (Wildman–Crippen LogP) is 3.81. The standard InChI is InChI=1S/C23H31N3O3S.HI/c1-5-24-22(25-15-18-6-11-21(17(2)14-18)30(4,27)28)26-16-23(12-13-23)19-7-9-20(29-3)10-8-19;/h6-11,14H,5,12-13,15-16H2,1-4H3,(H2,24,25,26);1H. The Morgan fingerprint density at radius 2 is 1.81 bits per heavy atom. The van der Waals surface area contributed by atoms with Crippen LogP contribution in [0.25, 0.3) is 0 Å². The van der Waals surface area contributed by atoms with Crippen molar-refractivity contribution in [1.29, 1.82) is 0 Å². The van der Waals surface area contributed by atoms with Gasteiger partial charge in [0.2, 0.25) is 0 Å². The number of nitrogens with one attached hydrogen (secondary N) is 2. The van der Waals surface area contributed by atoms with Crippen molar-refractivity contribution in [1.82, 2.24) is 10.6 Å². The topological polar surface area (TPSA) is 79.8 Å². The summed E-state index contributed by atoms with van der Waals surface area (Å²) in [7, 11) is -1.53. The van der Waals surface area contributed by atoms with E-state index >= 15 is 0 Å². The average molecular weight is 557 g/mol. The van der Waals surface area contributed by atoms with Gasteiger partial charge in [-0.15, -0.1) is 24.0 Å². The fourth-order valence-corrected chi connectivity index (χ4v) is 4.61.